The molecular formula is C14H18BrN3. The SMILES string of the molecule is Cc1cc(CC(N)c2cccc(Br)c2C)n(C)n1. The van der Waals surface area contributed by atoms with E-state index in [0.717, 1.165) is 16.6 Å². The molecule has 0 spiro atoms. The van der Waals surface area contributed by atoms with Crippen molar-refractivity contribution in [3.8, 4) is 0 Å². The van der Waals surface area contributed by atoms with E-state index in [-0.39, 0.29) is 6.04 Å². The van der Waals surface area contributed by atoms with Crippen molar-refractivity contribution in [3.63, 3.8) is 0 Å². The molecule has 0 bridgehead atoms. The van der Waals surface area contributed by atoms with Gasteiger partial charge in [-0.2, -0.15) is 5.10 Å². The van der Waals surface area contributed by atoms with Gasteiger partial charge in [-0.3, -0.25) is 4.68 Å². The Morgan fingerprint density at radius 3 is 2.72 bits per heavy atom. The van der Waals surface area contributed by atoms with Gasteiger partial charge in [-0.25, -0.2) is 0 Å². The monoisotopic (exact) mass is 307 g/mol. The first kappa shape index (κ1) is 13.3. The van der Waals surface area contributed by atoms with Gasteiger partial charge in [-0.15, -0.1) is 0 Å². The van der Waals surface area contributed by atoms with Crippen molar-refractivity contribution < 1.29 is 0 Å². The van der Waals surface area contributed by atoms with Gasteiger partial charge < -0.3 is 5.73 Å². The van der Waals surface area contributed by atoms with Gasteiger partial charge >= 0.3 is 0 Å². The predicted octanol–water partition coefficient (Wildman–Crippen LogP) is 3.04. The summed E-state index contributed by atoms with van der Waals surface area (Å²) < 4.78 is 3.01. The second kappa shape index (κ2) is 5.24. The fraction of sp³-hybridized carbons (Fsp3) is 0.357. The smallest absolute Gasteiger partial charge is 0.0596 e. The fourth-order valence-corrected chi connectivity index (χ4v) is 2.60. The van der Waals surface area contributed by atoms with Crippen molar-refractivity contribution in [2.24, 2.45) is 12.8 Å². The van der Waals surface area contributed by atoms with Gasteiger partial charge in [0.25, 0.3) is 0 Å². The van der Waals surface area contributed by atoms with Gasteiger partial charge in [-0.05, 0) is 37.1 Å². The lowest BCUT2D eigenvalue weighted by molar-refractivity contribution is 0.637. The van der Waals surface area contributed by atoms with E-state index in [1.807, 2.05) is 30.8 Å². The first-order valence-electron chi connectivity index (χ1n) is 5.99. The maximum absolute atomic E-state index is 6.31. The minimum atomic E-state index is -0.00250. The van der Waals surface area contributed by atoms with Crippen molar-refractivity contribution in [1.29, 1.82) is 0 Å². The minimum Gasteiger partial charge on any atom is -0.324 e. The van der Waals surface area contributed by atoms with E-state index in [9.17, 15) is 0 Å². The third kappa shape index (κ3) is 2.65. The van der Waals surface area contributed by atoms with E-state index in [1.54, 1.807) is 0 Å². The van der Waals surface area contributed by atoms with Crippen LogP contribution in [0, 0.1) is 13.8 Å². The van der Waals surface area contributed by atoms with Crippen LogP contribution in [-0.4, -0.2) is 9.78 Å². The topological polar surface area (TPSA) is 43.8 Å². The number of benzene rings is 1. The molecule has 2 N–H and O–H groups in total. The number of rotatable bonds is 3. The highest BCUT2D eigenvalue weighted by Crippen LogP contribution is 2.25. The molecule has 4 heteroatoms. The number of aryl methyl sites for hydroxylation is 2. The fourth-order valence-electron chi connectivity index (χ4n) is 2.22. The molecule has 1 heterocycles. The molecule has 96 valence electrons. The molecule has 0 amide bonds. The molecule has 1 atom stereocenters. The summed E-state index contributed by atoms with van der Waals surface area (Å²) >= 11 is 3.55. The second-order valence-corrected chi connectivity index (χ2v) is 5.52. The Balaban J connectivity index is 2.24. The molecule has 2 rings (SSSR count). The van der Waals surface area contributed by atoms with Crippen LogP contribution in [0.4, 0.5) is 0 Å². The van der Waals surface area contributed by atoms with Gasteiger partial charge in [0.15, 0.2) is 0 Å². The van der Waals surface area contributed by atoms with Crippen LogP contribution in [-0.2, 0) is 13.5 Å². The van der Waals surface area contributed by atoms with Crippen LogP contribution in [0.5, 0.6) is 0 Å². The number of hydrogen-bond acceptors (Lipinski definition) is 2. The van der Waals surface area contributed by atoms with Gasteiger partial charge in [0, 0.05) is 29.7 Å². The maximum Gasteiger partial charge on any atom is 0.0596 e. The number of halogens is 1. The molecular weight excluding hydrogens is 290 g/mol. The van der Waals surface area contributed by atoms with Crippen molar-refractivity contribution in [1.82, 2.24) is 9.78 Å². The molecule has 0 fully saturated rings. The van der Waals surface area contributed by atoms with Gasteiger partial charge in [0.05, 0.1) is 5.69 Å². The van der Waals surface area contributed by atoms with Crippen LogP contribution in [0.25, 0.3) is 0 Å². The van der Waals surface area contributed by atoms with Crippen LogP contribution in [0.1, 0.15) is 28.6 Å². The Morgan fingerprint density at radius 1 is 1.39 bits per heavy atom. The Morgan fingerprint density at radius 2 is 2.11 bits per heavy atom. The Labute approximate surface area is 116 Å². The van der Waals surface area contributed by atoms with Crippen LogP contribution >= 0.6 is 15.9 Å². The van der Waals surface area contributed by atoms with E-state index in [2.05, 4.69) is 40.1 Å². The predicted molar refractivity (Wildman–Crippen MR) is 77.5 cm³/mol. The number of nitrogens with zero attached hydrogens (tertiary/aromatic N) is 2. The van der Waals surface area contributed by atoms with E-state index >= 15 is 0 Å². The van der Waals surface area contributed by atoms with Gasteiger partial charge in [0.1, 0.15) is 0 Å². The average molecular weight is 308 g/mol. The quantitative estimate of drug-likeness (QED) is 0.947. The van der Waals surface area contributed by atoms with Crippen LogP contribution in [0.3, 0.4) is 0 Å². The Kier molecular flexibility index (Phi) is 3.88. The van der Waals surface area contributed by atoms with E-state index in [1.165, 1.54) is 16.8 Å². The highest BCUT2D eigenvalue weighted by molar-refractivity contribution is 9.10. The highest BCUT2D eigenvalue weighted by Gasteiger charge is 2.13. The summed E-state index contributed by atoms with van der Waals surface area (Å²) in [4.78, 5) is 0. The molecule has 0 saturated heterocycles. The second-order valence-electron chi connectivity index (χ2n) is 4.67. The lowest BCUT2D eigenvalue weighted by atomic mass is 9.98. The zero-order valence-corrected chi connectivity index (χ0v) is 12.5. The van der Waals surface area contributed by atoms with Crippen molar-refractivity contribution in [2.75, 3.05) is 0 Å². The summed E-state index contributed by atoms with van der Waals surface area (Å²) in [7, 11) is 1.96. The molecule has 1 unspecified atom stereocenters. The summed E-state index contributed by atoms with van der Waals surface area (Å²) in [6.45, 7) is 4.09. The zero-order valence-electron chi connectivity index (χ0n) is 10.9. The van der Waals surface area contributed by atoms with Crippen molar-refractivity contribution in [3.05, 3.63) is 51.3 Å². The highest BCUT2D eigenvalue weighted by atomic mass is 79.9. The molecule has 0 aliphatic rings. The first-order valence-corrected chi connectivity index (χ1v) is 6.78. The summed E-state index contributed by atoms with van der Waals surface area (Å²) in [6, 6.07) is 8.25. The molecule has 18 heavy (non-hydrogen) atoms. The van der Waals surface area contributed by atoms with Gasteiger partial charge in [-0.1, -0.05) is 28.1 Å². The third-order valence-corrected chi connectivity index (χ3v) is 4.10. The van der Waals surface area contributed by atoms with E-state index < -0.39 is 0 Å². The summed E-state index contributed by atoms with van der Waals surface area (Å²) in [5, 5.41) is 4.35. The summed E-state index contributed by atoms with van der Waals surface area (Å²) in [5.41, 5.74) is 10.9. The Bertz CT molecular complexity index is 560. The van der Waals surface area contributed by atoms with Gasteiger partial charge in [0.2, 0.25) is 0 Å². The molecule has 1 aromatic carbocycles. The first-order chi connectivity index (χ1) is 8.49. The Hall–Kier alpha value is -1.13. The van der Waals surface area contributed by atoms with Crippen LogP contribution in [0.2, 0.25) is 0 Å². The average Bonchev–Trinajstić information content (AvgIpc) is 2.61. The lowest BCUT2D eigenvalue weighted by Crippen LogP contribution is -2.16. The van der Waals surface area contributed by atoms with Crippen molar-refractivity contribution >= 4 is 15.9 Å². The summed E-state index contributed by atoms with van der Waals surface area (Å²) in [5.74, 6) is 0. The summed E-state index contributed by atoms with van der Waals surface area (Å²) in [6.07, 6.45) is 0.800. The number of aromatic nitrogens is 2. The van der Waals surface area contributed by atoms with Crippen molar-refractivity contribution in [2.45, 2.75) is 26.3 Å². The van der Waals surface area contributed by atoms with Crippen LogP contribution < -0.4 is 5.73 Å². The molecule has 0 radical (unpaired) electrons. The molecule has 1 aromatic heterocycles. The molecule has 2 aromatic rings. The van der Waals surface area contributed by atoms with E-state index in [0.29, 0.717) is 0 Å². The largest absolute Gasteiger partial charge is 0.324 e. The molecule has 0 aliphatic heterocycles. The number of nitrogens with two attached hydrogens (primary N) is 1. The van der Waals surface area contributed by atoms with E-state index in [4.69, 9.17) is 5.73 Å². The normalized spacial score (nSPS) is 12.7. The minimum absolute atomic E-state index is 0.00250. The van der Waals surface area contributed by atoms with Crippen LogP contribution in [0.15, 0.2) is 28.7 Å². The zero-order chi connectivity index (χ0) is 13.3. The number of hydrogen-bond donors (Lipinski definition) is 1. The molecule has 3 nitrogen and oxygen atoms in total. The third-order valence-electron chi connectivity index (χ3n) is 3.24. The maximum atomic E-state index is 6.31. The lowest BCUT2D eigenvalue weighted by Gasteiger charge is -2.15. The molecule has 0 aliphatic carbocycles. The molecule has 0 saturated carbocycles. The standard InChI is InChI=1S/C14H18BrN3/c1-9-7-11(18(3)17-9)8-14(16)12-5-4-6-13(15)10(12)2/h4-7,14H,8,16H2,1-3H3.